The van der Waals surface area contributed by atoms with Crippen LogP contribution >= 0.6 is 46.6 Å². The predicted molar refractivity (Wildman–Crippen MR) is 144 cm³/mol. The third-order valence-electron chi connectivity index (χ3n) is 5.57. The fraction of sp³-hybridized carbons (Fsp3) is 0.280. The van der Waals surface area contributed by atoms with E-state index in [-0.39, 0.29) is 49.3 Å². The molecule has 0 saturated carbocycles. The van der Waals surface area contributed by atoms with Crippen LogP contribution in [0, 0.1) is 17.2 Å². The number of nitriles is 1. The van der Waals surface area contributed by atoms with Gasteiger partial charge in [-0.1, -0.05) is 46.6 Å². The number of amides is 2. The summed E-state index contributed by atoms with van der Waals surface area (Å²) in [6.45, 7) is 1.98. The highest BCUT2D eigenvalue weighted by Crippen LogP contribution is 2.44. The molecule has 2 aromatic rings. The summed E-state index contributed by atoms with van der Waals surface area (Å²) in [5, 5.41) is 14.7. The van der Waals surface area contributed by atoms with Crippen LogP contribution in [-0.4, -0.2) is 37.3 Å². The molecule has 0 aromatic heterocycles. The number of hydrogen-bond acceptors (Lipinski definition) is 7. The van der Waals surface area contributed by atoms with Gasteiger partial charge in [0.15, 0.2) is 5.75 Å². The van der Waals surface area contributed by atoms with E-state index in [9.17, 15) is 32.8 Å². The molecule has 3 rings (SSSR count). The lowest BCUT2D eigenvalue weighted by Crippen LogP contribution is -2.44. The smallest absolute Gasteiger partial charge is 0.416 e. The molecule has 2 amide bonds. The Morgan fingerprint density at radius 2 is 1.80 bits per heavy atom. The minimum absolute atomic E-state index is 0.0518. The first-order valence-corrected chi connectivity index (χ1v) is 13.4. The van der Waals surface area contributed by atoms with Crippen molar-refractivity contribution >= 4 is 70.0 Å². The van der Waals surface area contributed by atoms with E-state index in [1.807, 2.05) is 6.07 Å². The summed E-state index contributed by atoms with van der Waals surface area (Å²) >= 11 is 19.3. The Kier molecular flexibility index (Phi) is 10.2. The van der Waals surface area contributed by atoms with E-state index in [0.717, 1.165) is 31.0 Å². The number of carbonyl (C=O) groups excluding carboxylic acids is 3. The van der Waals surface area contributed by atoms with E-state index in [1.54, 1.807) is 6.92 Å². The highest BCUT2D eigenvalue weighted by atomic mass is 35.5. The zero-order chi connectivity index (χ0) is 29.8. The largest absolute Gasteiger partial charge is 0.491 e. The predicted octanol–water partition coefficient (Wildman–Crippen LogP) is 6.17. The van der Waals surface area contributed by atoms with Crippen molar-refractivity contribution in [1.29, 1.82) is 5.26 Å². The maximum atomic E-state index is 13.1. The van der Waals surface area contributed by atoms with Crippen molar-refractivity contribution < 1.29 is 37.0 Å². The molecule has 0 saturated heterocycles. The molecule has 0 unspecified atom stereocenters. The average Bonchev–Trinajstić information content (AvgIpc) is 2.89. The Morgan fingerprint density at radius 1 is 1.15 bits per heavy atom. The number of halogens is 6. The van der Waals surface area contributed by atoms with Gasteiger partial charge in [0.25, 0.3) is 0 Å². The van der Waals surface area contributed by atoms with Crippen LogP contribution in [0.5, 0.6) is 5.75 Å². The molecule has 1 aliphatic rings. The van der Waals surface area contributed by atoms with Gasteiger partial charge in [0.2, 0.25) is 11.8 Å². The fourth-order valence-corrected chi connectivity index (χ4v) is 5.47. The molecule has 0 bridgehead atoms. The lowest BCUT2D eigenvalue weighted by molar-refractivity contribution is -0.150. The number of rotatable bonds is 8. The van der Waals surface area contributed by atoms with Crippen LogP contribution < -0.4 is 15.4 Å². The number of benzene rings is 2. The number of nitrogens with one attached hydrogen (secondary N) is 2. The van der Waals surface area contributed by atoms with Gasteiger partial charge in [0, 0.05) is 5.92 Å². The first kappa shape index (κ1) is 31.4. The zero-order valence-corrected chi connectivity index (χ0v) is 23.7. The number of methoxy groups -OCH3 is 1. The van der Waals surface area contributed by atoms with Crippen molar-refractivity contribution in [2.75, 3.05) is 24.8 Å². The normalized spacial score (nSPS) is 17.1. The highest BCUT2D eigenvalue weighted by molar-refractivity contribution is 8.03. The van der Waals surface area contributed by atoms with Gasteiger partial charge in [0.05, 0.1) is 62.5 Å². The second-order valence-corrected chi connectivity index (χ2v) is 10.3. The van der Waals surface area contributed by atoms with E-state index < -0.39 is 47.1 Å². The number of ether oxygens (including phenoxy) is 2. The summed E-state index contributed by atoms with van der Waals surface area (Å²) in [4.78, 5) is 38.2. The van der Waals surface area contributed by atoms with Crippen LogP contribution in [0.3, 0.4) is 0 Å². The first-order chi connectivity index (χ1) is 18.8. The summed E-state index contributed by atoms with van der Waals surface area (Å²) in [6.07, 6.45) is -4.66. The summed E-state index contributed by atoms with van der Waals surface area (Å²) in [5.74, 6) is -5.48. The van der Waals surface area contributed by atoms with Gasteiger partial charge in [-0.2, -0.15) is 18.4 Å². The molecule has 0 fully saturated rings. The van der Waals surface area contributed by atoms with Crippen molar-refractivity contribution in [3.63, 3.8) is 0 Å². The Labute approximate surface area is 245 Å². The lowest BCUT2D eigenvalue weighted by atomic mass is 9.78. The number of esters is 1. The quantitative estimate of drug-likeness (QED) is 0.263. The number of nitrogens with zero attached hydrogens (tertiary/aromatic N) is 1. The van der Waals surface area contributed by atoms with Crippen LogP contribution in [0.1, 0.15) is 24.0 Å². The van der Waals surface area contributed by atoms with Crippen molar-refractivity contribution in [2.45, 2.75) is 19.0 Å². The van der Waals surface area contributed by atoms with Crippen LogP contribution in [0.25, 0.3) is 0 Å². The summed E-state index contributed by atoms with van der Waals surface area (Å²) in [5.41, 5.74) is -1.15. The zero-order valence-electron chi connectivity index (χ0n) is 20.6. The van der Waals surface area contributed by atoms with E-state index in [0.29, 0.717) is 6.07 Å². The second kappa shape index (κ2) is 13.0. The molecule has 40 heavy (non-hydrogen) atoms. The van der Waals surface area contributed by atoms with Gasteiger partial charge in [-0.15, -0.1) is 0 Å². The third-order valence-corrected chi connectivity index (χ3v) is 7.48. The van der Waals surface area contributed by atoms with E-state index >= 15 is 0 Å². The molecule has 0 radical (unpaired) electrons. The number of anilines is 1. The standard InChI is InChI=1S/C25H19Cl3F3N3O5S/c1-3-39-21-15(27)6-11(7-16(21)28)19-13(9-32)23(34-22(36)20(19)24(37)38-2)40-10-18(35)33-17-8-12(25(29,30)31)4-5-14(17)26/h4-8,19-20H,3,10H2,1-2H3,(H,33,35)(H,34,36)/t19-,20-/m1/s1. The molecule has 212 valence electrons. The molecular formula is C25H19Cl3F3N3O5S. The summed E-state index contributed by atoms with van der Waals surface area (Å²) in [7, 11) is 1.08. The fourth-order valence-electron chi connectivity index (χ4n) is 3.84. The second-order valence-electron chi connectivity index (χ2n) is 8.10. The Hall–Kier alpha value is -3.11. The van der Waals surface area contributed by atoms with E-state index in [4.69, 9.17) is 44.3 Å². The van der Waals surface area contributed by atoms with Crippen LogP contribution in [0.2, 0.25) is 15.1 Å². The van der Waals surface area contributed by atoms with Crippen LogP contribution in [0.4, 0.5) is 18.9 Å². The summed E-state index contributed by atoms with van der Waals surface area (Å²) in [6, 6.07) is 7.21. The molecule has 2 aromatic carbocycles. The van der Waals surface area contributed by atoms with Gasteiger partial charge in [-0.3, -0.25) is 14.4 Å². The lowest BCUT2D eigenvalue weighted by Gasteiger charge is -2.31. The minimum Gasteiger partial charge on any atom is -0.491 e. The maximum Gasteiger partial charge on any atom is 0.416 e. The van der Waals surface area contributed by atoms with E-state index in [2.05, 4.69) is 10.6 Å². The molecule has 2 atom stereocenters. The highest BCUT2D eigenvalue weighted by Gasteiger charge is 2.45. The molecule has 0 spiro atoms. The van der Waals surface area contributed by atoms with Crippen LogP contribution in [-0.2, 0) is 25.3 Å². The minimum atomic E-state index is -4.66. The number of thioether (sulfide) groups is 1. The molecule has 1 heterocycles. The van der Waals surface area contributed by atoms with Crippen molar-refractivity contribution in [2.24, 2.45) is 5.92 Å². The molecule has 15 heteroatoms. The van der Waals surface area contributed by atoms with Gasteiger partial charge in [0.1, 0.15) is 5.92 Å². The number of allylic oxidation sites excluding steroid dienone is 1. The maximum absolute atomic E-state index is 13.1. The Balaban J connectivity index is 1.95. The molecular weight excluding hydrogens is 618 g/mol. The van der Waals surface area contributed by atoms with Crippen molar-refractivity contribution in [3.05, 3.63) is 67.1 Å². The van der Waals surface area contributed by atoms with Crippen molar-refractivity contribution in [3.8, 4) is 11.8 Å². The SMILES string of the molecule is CCOc1c(Cl)cc([C@@H]2C(C#N)=C(SCC(=O)Nc3cc(C(F)(F)F)ccc3Cl)NC(=O)[C@@H]2C(=O)OC)cc1Cl. The van der Waals surface area contributed by atoms with Crippen molar-refractivity contribution in [1.82, 2.24) is 5.32 Å². The van der Waals surface area contributed by atoms with Gasteiger partial charge in [-0.05, 0) is 42.8 Å². The third kappa shape index (κ3) is 6.96. The van der Waals surface area contributed by atoms with Gasteiger partial charge < -0.3 is 20.1 Å². The van der Waals surface area contributed by atoms with Crippen LogP contribution in [0.15, 0.2) is 40.9 Å². The molecule has 2 N–H and O–H groups in total. The average molecular weight is 637 g/mol. The number of carbonyl (C=O) groups is 3. The number of hydrogen-bond donors (Lipinski definition) is 2. The van der Waals surface area contributed by atoms with E-state index in [1.165, 1.54) is 12.1 Å². The molecule has 1 aliphatic heterocycles. The Morgan fingerprint density at radius 3 is 2.35 bits per heavy atom. The molecule has 8 nitrogen and oxygen atoms in total. The first-order valence-electron chi connectivity index (χ1n) is 11.3. The monoisotopic (exact) mass is 635 g/mol. The summed E-state index contributed by atoms with van der Waals surface area (Å²) < 4.78 is 49.4. The topological polar surface area (TPSA) is 118 Å². The van der Waals surface area contributed by atoms with Gasteiger partial charge >= 0.3 is 12.1 Å². The molecule has 0 aliphatic carbocycles. The van der Waals surface area contributed by atoms with Gasteiger partial charge in [-0.25, -0.2) is 0 Å². The Bertz CT molecular complexity index is 1410. The number of alkyl halides is 3.